The van der Waals surface area contributed by atoms with Crippen molar-refractivity contribution in [2.45, 2.75) is 60.2 Å². The van der Waals surface area contributed by atoms with Crippen molar-refractivity contribution >= 4 is 5.96 Å². The second-order valence-electron chi connectivity index (χ2n) is 6.55. The van der Waals surface area contributed by atoms with Gasteiger partial charge >= 0.3 is 0 Å². The molecule has 0 aliphatic carbocycles. The Kier molecular flexibility index (Phi) is 7.55. The molecular weight excluding hydrogens is 288 g/mol. The zero-order valence-corrected chi connectivity index (χ0v) is 16.1. The fraction of sp³-hybridized carbons (Fsp3) is 0.765. The summed E-state index contributed by atoms with van der Waals surface area (Å²) in [5, 5.41) is 11.2. The Labute approximate surface area is 141 Å². The van der Waals surface area contributed by atoms with Gasteiger partial charge in [0, 0.05) is 57.1 Å². The van der Waals surface area contributed by atoms with Gasteiger partial charge in [0.1, 0.15) is 0 Å². The molecule has 0 radical (unpaired) electrons. The zero-order chi connectivity index (χ0) is 17.6. The van der Waals surface area contributed by atoms with Crippen LogP contribution in [0.15, 0.2) is 4.99 Å². The Morgan fingerprint density at radius 1 is 1.17 bits per heavy atom. The number of hydrogen-bond donors (Lipinski definition) is 2. The molecule has 1 heterocycles. The largest absolute Gasteiger partial charge is 0.355 e. The summed E-state index contributed by atoms with van der Waals surface area (Å²) < 4.78 is 1.92. The molecule has 1 rings (SSSR count). The van der Waals surface area contributed by atoms with Crippen LogP contribution in [0, 0.1) is 13.8 Å². The highest BCUT2D eigenvalue weighted by Crippen LogP contribution is 2.11. The molecule has 2 N–H and O–H groups in total. The van der Waals surface area contributed by atoms with Crippen LogP contribution in [0.4, 0.5) is 0 Å². The molecule has 0 amide bonds. The van der Waals surface area contributed by atoms with Gasteiger partial charge in [0.05, 0.1) is 5.69 Å². The first kappa shape index (κ1) is 19.5. The highest BCUT2D eigenvalue weighted by Gasteiger charge is 2.13. The average molecular weight is 323 g/mol. The normalized spacial score (nSPS) is 12.6. The molecule has 23 heavy (non-hydrogen) atoms. The molecule has 0 saturated carbocycles. The topological polar surface area (TPSA) is 57.5 Å². The van der Waals surface area contributed by atoms with Gasteiger partial charge in [0.15, 0.2) is 5.96 Å². The van der Waals surface area contributed by atoms with Gasteiger partial charge in [0.25, 0.3) is 0 Å². The number of nitrogens with zero attached hydrogens (tertiary/aromatic N) is 4. The molecule has 0 saturated heterocycles. The minimum absolute atomic E-state index is 0.549. The Balaban J connectivity index is 2.49. The maximum absolute atomic E-state index is 4.45. The van der Waals surface area contributed by atoms with Crippen molar-refractivity contribution < 1.29 is 0 Å². The lowest BCUT2D eigenvalue weighted by molar-refractivity contribution is 0.178. The predicted octanol–water partition coefficient (Wildman–Crippen LogP) is 1.82. The monoisotopic (exact) mass is 322 g/mol. The van der Waals surface area contributed by atoms with Crippen molar-refractivity contribution in [3.05, 3.63) is 17.0 Å². The second-order valence-corrected chi connectivity index (χ2v) is 6.55. The van der Waals surface area contributed by atoms with E-state index in [-0.39, 0.29) is 0 Å². The maximum atomic E-state index is 4.45. The van der Waals surface area contributed by atoms with Crippen molar-refractivity contribution in [1.29, 1.82) is 0 Å². The van der Waals surface area contributed by atoms with E-state index in [0.717, 1.165) is 31.3 Å². The Morgan fingerprint density at radius 2 is 1.78 bits per heavy atom. The lowest BCUT2D eigenvalue weighted by atomic mass is 10.2. The molecule has 0 bridgehead atoms. The highest BCUT2D eigenvalue weighted by molar-refractivity contribution is 5.79. The van der Waals surface area contributed by atoms with Gasteiger partial charge in [-0.25, -0.2) is 0 Å². The molecular formula is C17H34N6. The number of aromatic nitrogens is 2. The molecule has 0 unspecified atom stereocenters. The summed E-state index contributed by atoms with van der Waals surface area (Å²) >= 11 is 0. The van der Waals surface area contributed by atoms with E-state index in [1.807, 2.05) is 18.7 Å². The molecule has 0 aliphatic heterocycles. The molecule has 1 aromatic rings. The van der Waals surface area contributed by atoms with E-state index in [2.05, 4.69) is 60.2 Å². The molecule has 6 heteroatoms. The number of aryl methyl sites for hydroxylation is 2. The van der Waals surface area contributed by atoms with Crippen LogP contribution in [-0.2, 0) is 13.6 Å². The maximum Gasteiger partial charge on any atom is 0.191 e. The first-order valence-electron chi connectivity index (χ1n) is 8.47. The molecule has 0 aliphatic rings. The van der Waals surface area contributed by atoms with Crippen molar-refractivity contribution in [2.24, 2.45) is 12.0 Å². The van der Waals surface area contributed by atoms with Crippen molar-refractivity contribution in [2.75, 3.05) is 20.1 Å². The Morgan fingerprint density at radius 3 is 2.22 bits per heavy atom. The van der Waals surface area contributed by atoms with Crippen LogP contribution in [0.2, 0.25) is 0 Å². The molecule has 0 atom stereocenters. The SMILES string of the molecule is CN=C(NCCN(C(C)C)C(C)C)NCc1c(C)nn(C)c1C. The summed E-state index contributed by atoms with van der Waals surface area (Å²) in [5.74, 6) is 0.833. The highest BCUT2D eigenvalue weighted by atomic mass is 15.3. The van der Waals surface area contributed by atoms with E-state index in [0.29, 0.717) is 12.1 Å². The Hall–Kier alpha value is -1.56. The fourth-order valence-electron chi connectivity index (χ4n) is 2.88. The van der Waals surface area contributed by atoms with Crippen molar-refractivity contribution in [1.82, 2.24) is 25.3 Å². The number of rotatable bonds is 7. The zero-order valence-electron chi connectivity index (χ0n) is 16.1. The van der Waals surface area contributed by atoms with E-state index in [4.69, 9.17) is 0 Å². The van der Waals surface area contributed by atoms with Crippen molar-refractivity contribution in [3.8, 4) is 0 Å². The van der Waals surface area contributed by atoms with Gasteiger partial charge in [-0.1, -0.05) is 0 Å². The van der Waals surface area contributed by atoms with Crippen molar-refractivity contribution in [3.63, 3.8) is 0 Å². The number of guanidine groups is 1. The average Bonchev–Trinajstić information content (AvgIpc) is 2.71. The smallest absolute Gasteiger partial charge is 0.191 e. The number of nitrogens with one attached hydrogen (secondary N) is 2. The van der Waals surface area contributed by atoms with Gasteiger partial charge in [-0.15, -0.1) is 0 Å². The van der Waals surface area contributed by atoms with Crippen LogP contribution in [0.1, 0.15) is 44.6 Å². The second kappa shape index (κ2) is 8.91. The van der Waals surface area contributed by atoms with E-state index >= 15 is 0 Å². The summed E-state index contributed by atoms with van der Waals surface area (Å²) in [5.41, 5.74) is 3.50. The van der Waals surface area contributed by atoms with Crippen LogP contribution in [0.5, 0.6) is 0 Å². The molecule has 6 nitrogen and oxygen atoms in total. The van der Waals surface area contributed by atoms with E-state index in [1.54, 1.807) is 7.05 Å². The lowest BCUT2D eigenvalue weighted by Crippen LogP contribution is -2.45. The van der Waals surface area contributed by atoms with E-state index in [9.17, 15) is 0 Å². The number of hydrogen-bond acceptors (Lipinski definition) is 3. The molecule has 132 valence electrons. The lowest BCUT2D eigenvalue weighted by Gasteiger charge is -2.30. The van der Waals surface area contributed by atoms with Crippen LogP contribution in [0.25, 0.3) is 0 Å². The van der Waals surface area contributed by atoms with Crippen LogP contribution in [0.3, 0.4) is 0 Å². The van der Waals surface area contributed by atoms with Crippen LogP contribution < -0.4 is 10.6 Å². The summed E-state index contributed by atoms with van der Waals surface area (Å²) in [7, 11) is 3.78. The van der Waals surface area contributed by atoms with E-state index < -0.39 is 0 Å². The van der Waals surface area contributed by atoms with Gasteiger partial charge in [0.2, 0.25) is 0 Å². The third-order valence-electron chi connectivity index (χ3n) is 4.30. The molecule has 0 spiro atoms. The summed E-state index contributed by atoms with van der Waals surface area (Å²) in [6.45, 7) is 15.7. The van der Waals surface area contributed by atoms with Gasteiger partial charge in [-0.2, -0.15) is 5.10 Å². The molecule has 0 fully saturated rings. The minimum Gasteiger partial charge on any atom is -0.355 e. The van der Waals surface area contributed by atoms with Gasteiger partial charge in [-0.05, 0) is 41.5 Å². The standard InChI is InChI=1S/C17H34N6/c1-12(2)23(13(3)4)10-9-19-17(18-7)20-11-16-14(5)21-22(8)15(16)6/h12-13H,9-11H2,1-8H3,(H2,18,19,20). The first-order chi connectivity index (χ1) is 10.8. The number of aliphatic imine (C=N–C) groups is 1. The van der Waals surface area contributed by atoms with Gasteiger partial charge in [-0.3, -0.25) is 14.6 Å². The van der Waals surface area contributed by atoms with Crippen LogP contribution >= 0.6 is 0 Å². The quantitative estimate of drug-likeness (QED) is 0.594. The summed E-state index contributed by atoms with van der Waals surface area (Å²) in [4.78, 5) is 6.77. The third-order valence-corrected chi connectivity index (χ3v) is 4.30. The molecule has 1 aromatic heterocycles. The minimum atomic E-state index is 0.549. The Bertz CT molecular complexity index is 507. The third kappa shape index (κ3) is 5.53. The first-order valence-corrected chi connectivity index (χ1v) is 8.47. The summed E-state index contributed by atoms with van der Waals surface area (Å²) in [6, 6.07) is 1.10. The van der Waals surface area contributed by atoms with E-state index in [1.165, 1.54) is 11.3 Å². The fourth-order valence-corrected chi connectivity index (χ4v) is 2.88. The van der Waals surface area contributed by atoms with Gasteiger partial charge < -0.3 is 10.6 Å². The predicted molar refractivity (Wildman–Crippen MR) is 97.9 cm³/mol. The van der Waals surface area contributed by atoms with Crippen LogP contribution in [-0.4, -0.2) is 52.9 Å². The molecule has 0 aromatic carbocycles. The summed E-state index contributed by atoms with van der Waals surface area (Å²) in [6.07, 6.45) is 0.